The largest absolute Gasteiger partial charge is 0.377 e. The minimum Gasteiger partial charge on any atom is -0.377 e. The van der Waals surface area contributed by atoms with Crippen LogP contribution < -0.4 is 10.2 Å². The van der Waals surface area contributed by atoms with E-state index in [1.54, 1.807) is 6.20 Å². The lowest BCUT2D eigenvalue weighted by Crippen LogP contribution is -2.61. The van der Waals surface area contributed by atoms with Gasteiger partial charge in [0.15, 0.2) is 5.76 Å². The van der Waals surface area contributed by atoms with Crippen molar-refractivity contribution in [2.45, 2.75) is 25.0 Å². The SMILES string of the molecule is c1ccc(N2CCN(Cc3cc(CC4(NCc5cccnc5)COC4)no3)CC2)cc1. The van der Waals surface area contributed by atoms with E-state index in [0.29, 0.717) is 13.2 Å². The van der Waals surface area contributed by atoms with Gasteiger partial charge in [0.2, 0.25) is 0 Å². The minimum atomic E-state index is -0.0781. The van der Waals surface area contributed by atoms with Crippen molar-refractivity contribution < 1.29 is 9.26 Å². The Labute approximate surface area is 183 Å². The summed E-state index contributed by atoms with van der Waals surface area (Å²) in [4.78, 5) is 9.07. The zero-order valence-electron chi connectivity index (χ0n) is 17.7. The van der Waals surface area contributed by atoms with Gasteiger partial charge in [0.05, 0.1) is 31.0 Å². The second-order valence-electron chi connectivity index (χ2n) is 8.55. The van der Waals surface area contributed by atoms with Crippen LogP contribution in [0.2, 0.25) is 0 Å². The molecule has 2 aromatic heterocycles. The third-order valence-electron chi connectivity index (χ3n) is 6.15. The van der Waals surface area contributed by atoms with Crippen LogP contribution in [0.1, 0.15) is 17.0 Å². The molecule has 0 unspecified atom stereocenters. The average Bonchev–Trinajstić information content (AvgIpc) is 3.24. The van der Waals surface area contributed by atoms with Crippen molar-refractivity contribution in [2.75, 3.05) is 44.3 Å². The van der Waals surface area contributed by atoms with Crippen LogP contribution >= 0.6 is 0 Å². The maximum atomic E-state index is 5.67. The normalized spacial score (nSPS) is 18.6. The Bertz CT molecular complexity index is 950. The first kappa shape index (κ1) is 20.2. The van der Waals surface area contributed by atoms with E-state index in [-0.39, 0.29) is 5.54 Å². The van der Waals surface area contributed by atoms with Crippen molar-refractivity contribution in [1.82, 2.24) is 20.4 Å². The smallest absolute Gasteiger partial charge is 0.150 e. The molecule has 0 radical (unpaired) electrons. The maximum Gasteiger partial charge on any atom is 0.150 e. The molecule has 2 saturated heterocycles. The number of nitrogens with one attached hydrogen (secondary N) is 1. The fourth-order valence-electron chi connectivity index (χ4n) is 4.29. The van der Waals surface area contributed by atoms with E-state index in [1.165, 1.54) is 11.3 Å². The van der Waals surface area contributed by atoms with Crippen LogP contribution in [0, 0.1) is 0 Å². The molecule has 2 fully saturated rings. The Kier molecular flexibility index (Phi) is 5.97. The molecule has 0 spiro atoms. The van der Waals surface area contributed by atoms with E-state index in [0.717, 1.165) is 57.1 Å². The molecule has 0 aliphatic carbocycles. The lowest BCUT2D eigenvalue weighted by atomic mass is 9.91. The van der Waals surface area contributed by atoms with Crippen LogP contribution in [0.15, 0.2) is 65.4 Å². The highest BCUT2D eigenvalue weighted by atomic mass is 16.5. The average molecular weight is 420 g/mol. The second-order valence-corrected chi connectivity index (χ2v) is 8.55. The van der Waals surface area contributed by atoms with Gasteiger partial charge in [-0.05, 0) is 23.8 Å². The van der Waals surface area contributed by atoms with E-state index in [2.05, 4.69) is 67.7 Å². The fourth-order valence-corrected chi connectivity index (χ4v) is 4.29. The van der Waals surface area contributed by atoms with Gasteiger partial charge in [-0.3, -0.25) is 9.88 Å². The Balaban J connectivity index is 1.12. The molecule has 4 heterocycles. The number of benzene rings is 1. The number of pyridine rings is 1. The third-order valence-corrected chi connectivity index (χ3v) is 6.15. The molecule has 1 N–H and O–H groups in total. The van der Waals surface area contributed by atoms with Gasteiger partial charge in [-0.2, -0.15) is 0 Å². The molecule has 2 aliphatic heterocycles. The summed E-state index contributed by atoms with van der Waals surface area (Å²) in [5.74, 6) is 0.936. The quantitative estimate of drug-likeness (QED) is 0.602. The van der Waals surface area contributed by atoms with E-state index < -0.39 is 0 Å². The van der Waals surface area contributed by atoms with Crippen LogP contribution in [-0.2, 0) is 24.2 Å². The molecule has 5 rings (SSSR count). The number of hydrogen-bond donors (Lipinski definition) is 1. The zero-order valence-corrected chi connectivity index (χ0v) is 17.7. The van der Waals surface area contributed by atoms with Gasteiger partial charge < -0.3 is 19.5 Å². The van der Waals surface area contributed by atoms with Crippen molar-refractivity contribution in [3.8, 4) is 0 Å². The number of aromatic nitrogens is 2. The molecule has 0 atom stereocenters. The maximum absolute atomic E-state index is 5.67. The van der Waals surface area contributed by atoms with E-state index in [9.17, 15) is 0 Å². The topological polar surface area (TPSA) is 66.7 Å². The number of para-hydroxylation sites is 1. The highest BCUT2D eigenvalue weighted by molar-refractivity contribution is 5.46. The van der Waals surface area contributed by atoms with Gasteiger partial charge in [0, 0.05) is 63.3 Å². The van der Waals surface area contributed by atoms with Gasteiger partial charge in [0.1, 0.15) is 0 Å². The number of hydrogen-bond acceptors (Lipinski definition) is 7. The highest BCUT2D eigenvalue weighted by Gasteiger charge is 2.39. The molecular formula is C24H29N5O2. The van der Waals surface area contributed by atoms with E-state index in [4.69, 9.17) is 9.26 Å². The first-order valence-electron chi connectivity index (χ1n) is 11.0. The van der Waals surface area contributed by atoms with Crippen LogP contribution in [0.5, 0.6) is 0 Å². The molecule has 31 heavy (non-hydrogen) atoms. The van der Waals surface area contributed by atoms with Crippen LogP contribution in [0.3, 0.4) is 0 Å². The number of ether oxygens (including phenoxy) is 1. The number of nitrogens with zero attached hydrogens (tertiary/aromatic N) is 4. The van der Waals surface area contributed by atoms with Crippen LogP contribution in [0.25, 0.3) is 0 Å². The summed E-state index contributed by atoms with van der Waals surface area (Å²) in [5, 5.41) is 7.99. The molecule has 0 amide bonds. The molecule has 0 bridgehead atoms. The Hall–Kier alpha value is -2.74. The number of rotatable bonds is 8. The summed E-state index contributed by atoms with van der Waals surface area (Å²) >= 11 is 0. The van der Waals surface area contributed by atoms with Gasteiger partial charge in [0.25, 0.3) is 0 Å². The van der Waals surface area contributed by atoms with Gasteiger partial charge in [-0.15, -0.1) is 0 Å². The van der Waals surface area contributed by atoms with E-state index in [1.807, 2.05) is 12.3 Å². The first-order valence-corrected chi connectivity index (χ1v) is 11.0. The molecule has 162 valence electrons. The summed E-state index contributed by atoms with van der Waals surface area (Å²) in [6.07, 6.45) is 4.49. The lowest BCUT2D eigenvalue weighted by Gasteiger charge is -2.42. The summed E-state index contributed by atoms with van der Waals surface area (Å²) < 4.78 is 11.2. The second kappa shape index (κ2) is 9.18. The summed E-state index contributed by atoms with van der Waals surface area (Å²) in [7, 11) is 0. The molecule has 3 aromatic rings. The van der Waals surface area contributed by atoms with Gasteiger partial charge in [-0.25, -0.2) is 0 Å². The molecule has 2 aliphatic rings. The number of piperazine rings is 1. The van der Waals surface area contributed by atoms with E-state index >= 15 is 0 Å². The van der Waals surface area contributed by atoms with Crippen molar-refractivity contribution in [3.63, 3.8) is 0 Å². The summed E-state index contributed by atoms with van der Waals surface area (Å²) in [6.45, 7) is 7.07. The monoisotopic (exact) mass is 419 g/mol. The predicted octanol–water partition coefficient (Wildman–Crippen LogP) is 2.49. The third kappa shape index (κ3) is 4.95. The zero-order chi connectivity index (χ0) is 20.9. The van der Waals surface area contributed by atoms with Crippen molar-refractivity contribution in [2.24, 2.45) is 0 Å². The minimum absolute atomic E-state index is 0.0781. The van der Waals surface area contributed by atoms with Gasteiger partial charge >= 0.3 is 0 Å². The predicted molar refractivity (Wildman–Crippen MR) is 119 cm³/mol. The molecule has 7 heteroatoms. The lowest BCUT2D eigenvalue weighted by molar-refractivity contribution is -0.0755. The van der Waals surface area contributed by atoms with Gasteiger partial charge in [-0.1, -0.05) is 29.4 Å². The van der Waals surface area contributed by atoms with Crippen LogP contribution in [-0.4, -0.2) is 60.0 Å². The Morgan fingerprint density at radius 3 is 2.55 bits per heavy atom. The highest BCUT2D eigenvalue weighted by Crippen LogP contribution is 2.24. The van der Waals surface area contributed by atoms with Crippen molar-refractivity contribution in [1.29, 1.82) is 0 Å². The molecule has 1 aromatic carbocycles. The standard InChI is InChI=1S/C24H29N5O2/c1-2-6-22(7-3-1)29-11-9-28(10-12-29)17-23-13-21(27-31-23)14-24(18-30-19-24)26-16-20-5-4-8-25-15-20/h1-8,13,15,26H,9-12,14,16-19H2. The van der Waals surface area contributed by atoms with Crippen molar-refractivity contribution in [3.05, 3.63) is 77.9 Å². The molecule has 0 saturated carbocycles. The van der Waals surface area contributed by atoms with Crippen LogP contribution in [0.4, 0.5) is 5.69 Å². The summed E-state index contributed by atoms with van der Waals surface area (Å²) in [6, 6.07) is 16.8. The fraction of sp³-hybridized carbons (Fsp3) is 0.417. The Morgan fingerprint density at radius 2 is 1.84 bits per heavy atom. The summed E-state index contributed by atoms with van der Waals surface area (Å²) in [5.41, 5.74) is 3.38. The molecule has 7 nitrogen and oxygen atoms in total. The molecular weight excluding hydrogens is 390 g/mol. The Morgan fingerprint density at radius 1 is 1.00 bits per heavy atom. The van der Waals surface area contributed by atoms with Crippen molar-refractivity contribution >= 4 is 5.69 Å². The first-order chi connectivity index (χ1) is 15.3. The number of anilines is 1.